The first-order valence-corrected chi connectivity index (χ1v) is 27.4. The van der Waals surface area contributed by atoms with Crippen LogP contribution in [0.1, 0.15) is 114 Å². The van der Waals surface area contributed by atoms with Crippen LogP contribution in [-0.2, 0) is 0 Å². The maximum absolute atomic E-state index is 4.91. The highest BCUT2D eigenvalue weighted by molar-refractivity contribution is 5.94. The second-order valence-electron chi connectivity index (χ2n) is 21.5. The molecule has 2 aliphatic rings. The average molecular weight is 972 g/mol. The molecule has 10 aromatic rings. The number of hydrogen-bond donors (Lipinski definition) is 0. The molecular weight excluding hydrogens is 907 g/mol. The molecule has 2 fully saturated rings. The third kappa shape index (κ3) is 10.3. The van der Waals surface area contributed by atoms with E-state index >= 15 is 0 Å². The highest BCUT2D eigenvalue weighted by Gasteiger charge is 2.33. The topological polar surface area (TPSA) is 38.7 Å². The minimum absolute atomic E-state index is 0.399. The van der Waals surface area contributed by atoms with E-state index in [4.69, 9.17) is 15.0 Å². The van der Waals surface area contributed by atoms with Crippen LogP contribution in [0, 0.1) is 20.8 Å². The first-order chi connectivity index (χ1) is 36.9. The SMILES string of the molecule is Cc1ccc(-c2ccc(-c3ccccc3-c3cc(C4CCCCC4c4ccc(-c5cc(C)ccn5)cc4)cc(C4CCCCC4c4ccc(-c5cc(C)ccn5)cc4)c3)c(-c3ccc(-c4ccccc4)cc3)c2)nc1. The van der Waals surface area contributed by atoms with Crippen molar-refractivity contribution in [2.75, 3.05) is 0 Å². The Morgan fingerprint density at radius 3 is 1.28 bits per heavy atom. The molecule has 3 heteroatoms. The van der Waals surface area contributed by atoms with Crippen LogP contribution in [-0.4, -0.2) is 15.0 Å². The average Bonchev–Trinajstić information content (AvgIpc) is 3.48. The zero-order chi connectivity index (χ0) is 50.7. The van der Waals surface area contributed by atoms with Gasteiger partial charge in [-0.2, -0.15) is 0 Å². The highest BCUT2D eigenvalue weighted by Crippen LogP contribution is 2.50. The molecule has 0 saturated heterocycles. The third-order valence-electron chi connectivity index (χ3n) is 16.5. The van der Waals surface area contributed by atoms with Gasteiger partial charge in [-0.15, -0.1) is 0 Å². The maximum Gasteiger partial charge on any atom is 0.0704 e. The maximum atomic E-state index is 4.91. The third-order valence-corrected chi connectivity index (χ3v) is 16.5. The van der Waals surface area contributed by atoms with Crippen LogP contribution in [0.2, 0.25) is 0 Å². The Labute approximate surface area is 444 Å². The predicted octanol–water partition coefficient (Wildman–Crippen LogP) is 19.3. The molecule has 3 nitrogen and oxygen atoms in total. The monoisotopic (exact) mass is 972 g/mol. The van der Waals surface area contributed by atoms with Crippen molar-refractivity contribution in [2.24, 2.45) is 0 Å². The Bertz CT molecular complexity index is 3450. The van der Waals surface area contributed by atoms with Gasteiger partial charge in [0.1, 0.15) is 0 Å². The molecule has 368 valence electrons. The summed E-state index contributed by atoms with van der Waals surface area (Å²) in [5, 5.41) is 0. The summed E-state index contributed by atoms with van der Waals surface area (Å²) < 4.78 is 0. The van der Waals surface area contributed by atoms with E-state index in [9.17, 15) is 0 Å². The van der Waals surface area contributed by atoms with E-state index in [0.717, 1.165) is 28.2 Å². The Morgan fingerprint density at radius 1 is 0.280 bits per heavy atom. The summed E-state index contributed by atoms with van der Waals surface area (Å²) in [6.07, 6.45) is 15.5. The number of aryl methyl sites for hydroxylation is 3. The molecular formula is C72H65N3. The first kappa shape index (κ1) is 48.0. The van der Waals surface area contributed by atoms with Gasteiger partial charge in [0.15, 0.2) is 0 Å². The molecule has 4 unspecified atom stereocenters. The molecule has 0 spiro atoms. The van der Waals surface area contributed by atoms with E-state index in [1.807, 2.05) is 18.6 Å². The molecule has 7 aromatic carbocycles. The Balaban J connectivity index is 0.988. The van der Waals surface area contributed by atoms with E-state index < -0.39 is 0 Å². The predicted molar refractivity (Wildman–Crippen MR) is 313 cm³/mol. The summed E-state index contributed by atoms with van der Waals surface area (Å²) in [5.41, 5.74) is 25.8. The summed E-state index contributed by atoms with van der Waals surface area (Å²) in [6, 6.07) is 75.5. The molecule has 3 heterocycles. The smallest absolute Gasteiger partial charge is 0.0704 e. The number of nitrogens with zero attached hydrogens (tertiary/aromatic N) is 3. The Morgan fingerprint density at radius 2 is 0.747 bits per heavy atom. The molecule has 0 amide bonds. The van der Waals surface area contributed by atoms with Gasteiger partial charge >= 0.3 is 0 Å². The van der Waals surface area contributed by atoms with Gasteiger partial charge in [0, 0.05) is 35.3 Å². The molecule has 0 radical (unpaired) electrons. The number of rotatable bonds is 11. The summed E-state index contributed by atoms with van der Waals surface area (Å²) in [6.45, 7) is 6.39. The summed E-state index contributed by atoms with van der Waals surface area (Å²) in [7, 11) is 0. The van der Waals surface area contributed by atoms with Crippen LogP contribution in [0.15, 0.2) is 219 Å². The van der Waals surface area contributed by atoms with E-state index in [1.54, 1.807) is 0 Å². The fourth-order valence-corrected chi connectivity index (χ4v) is 12.6. The molecule has 0 N–H and O–H groups in total. The van der Waals surface area contributed by atoms with Gasteiger partial charge in [-0.3, -0.25) is 15.0 Å². The van der Waals surface area contributed by atoms with Crippen molar-refractivity contribution in [3.63, 3.8) is 0 Å². The lowest BCUT2D eigenvalue weighted by molar-refractivity contribution is 0.379. The fourth-order valence-electron chi connectivity index (χ4n) is 12.6. The number of hydrogen-bond acceptors (Lipinski definition) is 3. The second kappa shape index (κ2) is 21.5. The molecule has 3 aromatic heterocycles. The van der Waals surface area contributed by atoms with Crippen LogP contribution in [0.5, 0.6) is 0 Å². The lowest BCUT2D eigenvalue weighted by Gasteiger charge is -2.36. The summed E-state index contributed by atoms with van der Waals surface area (Å²) in [4.78, 5) is 14.4. The van der Waals surface area contributed by atoms with Crippen molar-refractivity contribution < 1.29 is 0 Å². The minimum Gasteiger partial charge on any atom is -0.256 e. The van der Waals surface area contributed by atoms with Gasteiger partial charge in [0.2, 0.25) is 0 Å². The number of benzene rings is 7. The van der Waals surface area contributed by atoms with Crippen LogP contribution >= 0.6 is 0 Å². The van der Waals surface area contributed by atoms with Crippen molar-refractivity contribution in [1.29, 1.82) is 0 Å². The molecule has 0 aliphatic heterocycles. The van der Waals surface area contributed by atoms with E-state index in [0.29, 0.717) is 23.7 Å². The van der Waals surface area contributed by atoms with E-state index in [2.05, 4.69) is 221 Å². The van der Waals surface area contributed by atoms with Crippen LogP contribution in [0.4, 0.5) is 0 Å². The van der Waals surface area contributed by atoms with Crippen molar-refractivity contribution in [1.82, 2.24) is 15.0 Å². The van der Waals surface area contributed by atoms with Gasteiger partial charge < -0.3 is 0 Å². The molecule has 2 aliphatic carbocycles. The minimum atomic E-state index is 0.399. The van der Waals surface area contributed by atoms with Gasteiger partial charge in [-0.1, -0.05) is 189 Å². The standard InChI is InChI=1S/C72H65N3/c1-48-37-39-73-71(41-48)56-30-26-53(27-31-56)62-15-7-9-17-64(62)59-43-60(65-18-10-8-16-63(65)54-28-32-57(33-29-54)72-42-49(2)38-40-74-72)45-61(44-59)66-19-11-12-20-67(66)68-35-34-58(70-36-21-50(3)47-75-70)46-69(68)55-24-22-52(23-25-55)51-13-5-4-6-14-51/h4-6,11-14,19-47,62-65H,7-10,15-18H2,1-3H3. The highest BCUT2D eigenvalue weighted by atomic mass is 14.7. The number of aromatic nitrogens is 3. The number of pyridine rings is 3. The molecule has 0 bridgehead atoms. The van der Waals surface area contributed by atoms with Crippen molar-refractivity contribution in [3.8, 4) is 78.3 Å². The first-order valence-electron chi connectivity index (χ1n) is 27.4. The normalized spacial score (nSPS) is 17.6. The van der Waals surface area contributed by atoms with Crippen molar-refractivity contribution >= 4 is 0 Å². The Kier molecular flexibility index (Phi) is 13.7. The second-order valence-corrected chi connectivity index (χ2v) is 21.5. The molecule has 12 rings (SSSR count). The zero-order valence-electron chi connectivity index (χ0n) is 43.6. The van der Waals surface area contributed by atoms with Gasteiger partial charge in [-0.05, 0) is 190 Å². The quantitative estimate of drug-likeness (QED) is 0.130. The van der Waals surface area contributed by atoms with E-state index in [1.165, 1.54) is 140 Å². The van der Waals surface area contributed by atoms with Crippen molar-refractivity contribution in [3.05, 3.63) is 258 Å². The lowest BCUT2D eigenvalue weighted by atomic mass is 9.69. The van der Waals surface area contributed by atoms with Crippen LogP contribution in [0.25, 0.3) is 78.3 Å². The van der Waals surface area contributed by atoms with E-state index in [-0.39, 0.29) is 0 Å². The fraction of sp³-hybridized carbons (Fsp3) is 0.208. The van der Waals surface area contributed by atoms with Crippen molar-refractivity contribution in [2.45, 2.75) is 95.8 Å². The lowest BCUT2D eigenvalue weighted by Crippen LogP contribution is -2.19. The molecule has 4 atom stereocenters. The Hall–Kier alpha value is -8.01. The molecule has 2 saturated carbocycles. The largest absolute Gasteiger partial charge is 0.256 e. The summed E-state index contributed by atoms with van der Waals surface area (Å²) in [5.74, 6) is 1.65. The summed E-state index contributed by atoms with van der Waals surface area (Å²) >= 11 is 0. The van der Waals surface area contributed by atoms with Gasteiger partial charge in [0.05, 0.1) is 17.1 Å². The van der Waals surface area contributed by atoms with Crippen LogP contribution in [0.3, 0.4) is 0 Å². The van der Waals surface area contributed by atoms with Gasteiger partial charge in [0.25, 0.3) is 0 Å². The molecule has 75 heavy (non-hydrogen) atoms. The van der Waals surface area contributed by atoms with Crippen LogP contribution < -0.4 is 0 Å². The zero-order valence-corrected chi connectivity index (χ0v) is 43.6. The van der Waals surface area contributed by atoms with Gasteiger partial charge in [-0.25, -0.2) is 0 Å².